The molecular weight excluding hydrogens is 1100 g/mol. The summed E-state index contributed by atoms with van der Waals surface area (Å²) in [4.78, 5) is 0. The van der Waals surface area contributed by atoms with Crippen LogP contribution in [-0.2, 0) is 62.6 Å². The Morgan fingerprint density at radius 2 is 0.627 bits per heavy atom. The molecule has 7 aromatic rings. The predicted octanol–water partition coefficient (Wildman–Crippen LogP) is 14.9. The van der Waals surface area contributed by atoms with E-state index >= 15 is 0 Å². The number of halogens is 25. The molecule has 0 saturated carbocycles. The summed E-state index contributed by atoms with van der Waals surface area (Å²) in [6, 6.07) is 7.25. The number of nitrogens with zero attached hydrogens (tertiary/aromatic N) is 1. The molecule has 0 amide bonds. The van der Waals surface area contributed by atoms with Gasteiger partial charge in [-0.1, -0.05) is 96.3 Å². The van der Waals surface area contributed by atoms with Crippen molar-refractivity contribution < 1.29 is 114 Å². The van der Waals surface area contributed by atoms with Crippen LogP contribution in [0.25, 0.3) is 10.2 Å². The van der Waals surface area contributed by atoms with Crippen LogP contribution in [0.3, 0.4) is 0 Å². The van der Waals surface area contributed by atoms with Gasteiger partial charge in [0.05, 0.1) is 50.1 Å². The van der Waals surface area contributed by atoms with Gasteiger partial charge in [-0.15, -0.1) is 0 Å². The van der Waals surface area contributed by atoms with Crippen molar-refractivity contribution in [3.05, 3.63) is 182 Å². The summed E-state index contributed by atoms with van der Waals surface area (Å²) in [5, 5.41) is 0. The Morgan fingerprint density at radius 1 is 0.347 bits per heavy atom. The van der Waals surface area contributed by atoms with Crippen LogP contribution in [0.2, 0.25) is 0 Å². The van der Waals surface area contributed by atoms with Gasteiger partial charge in [0.15, 0.2) is 6.54 Å². The number of fused-ring (bicyclic) bond motifs is 1. The summed E-state index contributed by atoms with van der Waals surface area (Å²) < 4.78 is 357. The maximum atomic E-state index is 14.2. The van der Waals surface area contributed by atoms with Gasteiger partial charge in [-0.3, -0.25) is 0 Å². The molecule has 1 aromatic heterocycles. The van der Waals surface area contributed by atoms with Crippen LogP contribution in [0.4, 0.5) is 110 Å². The van der Waals surface area contributed by atoms with E-state index < -0.39 is 201 Å². The maximum Gasteiger partial charge on any atom is 0.416 e. The molecule has 0 N–H and O–H groups in total. The minimum atomic E-state index is -6.13. The fraction of sp³-hybridized carbons (Fsp3) is 0.213. The molecule has 28 heteroatoms. The molecule has 1 nitrogen and oxygen atoms in total. The number of alkyl halides is 25. The zero-order valence-corrected chi connectivity index (χ0v) is 37.2. The van der Waals surface area contributed by atoms with E-state index in [4.69, 9.17) is 0 Å². The van der Waals surface area contributed by atoms with Gasteiger partial charge in [-0.05, 0) is 36.4 Å². The highest BCUT2D eigenvalue weighted by molar-refractivity contribution is 7.20. The standard InChI is InChI=1S/C32H12BF24.C15H13FNS/c34-25(35,36)13-1-14(26(37,38)39)6-21(5-13)33(22-7-15(27(40,41)42)2-16(8-22)28(43,44)45,23-9-17(29(46,47)48)3-18(10-23)30(49,50)51)24-11-19(31(52,53)54)4-20(12-24)32(55,56)57;16-9-13-7-4-8-14-15(13)17(11-18-14)10-12-5-2-1-3-6-12/h1-12H;1-8,11H,9-10H2/q-1;+1. The molecule has 0 unspecified atom stereocenters. The predicted molar refractivity (Wildman–Crippen MR) is 222 cm³/mol. The van der Waals surface area contributed by atoms with Crippen LogP contribution in [-0.4, -0.2) is 6.15 Å². The van der Waals surface area contributed by atoms with Gasteiger partial charge in [-0.25, -0.2) is 4.39 Å². The van der Waals surface area contributed by atoms with Gasteiger partial charge in [0.2, 0.25) is 11.0 Å². The van der Waals surface area contributed by atoms with Crippen LogP contribution in [0.1, 0.15) is 55.6 Å². The number of hydrogen-bond acceptors (Lipinski definition) is 1. The highest BCUT2D eigenvalue weighted by Gasteiger charge is 2.47. The second kappa shape index (κ2) is 19.9. The van der Waals surface area contributed by atoms with Crippen LogP contribution in [0, 0.1) is 0 Å². The third kappa shape index (κ3) is 12.8. The molecule has 6 aromatic carbocycles. The number of aromatic nitrogens is 1. The number of thiazole rings is 1. The molecule has 0 aliphatic carbocycles. The number of rotatable bonds is 7. The first kappa shape index (κ1) is 57.8. The third-order valence-electron chi connectivity index (χ3n) is 11.5. The van der Waals surface area contributed by atoms with Crippen molar-refractivity contribution in [3.63, 3.8) is 0 Å². The van der Waals surface area contributed by atoms with Crippen molar-refractivity contribution >= 4 is 49.6 Å². The molecule has 7 rings (SSSR count). The Balaban J connectivity index is 0.000000421. The first-order valence-corrected chi connectivity index (χ1v) is 21.4. The second-order valence-corrected chi connectivity index (χ2v) is 17.3. The fourth-order valence-electron chi connectivity index (χ4n) is 8.24. The number of benzene rings is 6. The van der Waals surface area contributed by atoms with Crippen molar-refractivity contribution in [1.29, 1.82) is 0 Å². The van der Waals surface area contributed by atoms with Gasteiger partial charge in [0.25, 0.3) is 0 Å². The van der Waals surface area contributed by atoms with Crippen LogP contribution < -0.4 is 26.4 Å². The van der Waals surface area contributed by atoms with E-state index in [1.54, 1.807) is 11.3 Å². The summed E-state index contributed by atoms with van der Waals surface area (Å²) in [5.74, 6) is 0. The first-order chi connectivity index (χ1) is 34.1. The largest absolute Gasteiger partial charge is 0.416 e. The van der Waals surface area contributed by atoms with E-state index in [-0.39, 0.29) is 0 Å². The highest BCUT2D eigenvalue weighted by Crippen LogP contribution is 2.41. The molecule has 75 heavy (non-hydrogen) atoms. The third-order valence-corrected chi connectivity index (χ3v) is 12.4. The van der Waals surface area contributed by atoms with Gasteiger partial charge < -0.3 is 0 Å². The lowest BCUT2D eigenvalue weighted by Gasteiger charge is -2.46. The Bertz CT molecular complexity index is 2730. The second-order valence-electron chi connectivity index (χ2n) is 16.5. The van der Waals surface area contributed by atoms with Crippen molar-refractivity contribution in [2.75, 3.05) is 0 Å². The van der Waals surface area contributed by atoms with Gasteiger partial charge >= 0.3 is 49.4 Å². The van der Waals surface area contributed by atoms with E-state index in [1.165, 1.54) is 5.56 Å². The Labute approximate surface area is 408 Å². The minimum absolute atomic E-state index is 0.414. The molecule has 0 fully saturated rings. The highest BCUT2D eigenvalue weighted by atomic mass is 32.1. The van der Waals surface area contributed by atoms with Crippen molar-refractivity contribution in [3.8, 4) is 0 Å². The average molecular weight is 1120 g/mol. The molecule has 0 atom stereocenters. The summed E-state index contributed by atoms with van der Waals surface area (Å²) in [5.41, 5.74) is -25.1. The zero-order valence-electron chi connectivity index (χ0n) is 36.4. The van der Waals surface area contributed by atoms with Crippen LogP contribution in [0.5, 0.6) is 0 Å². The topological polar surface area (TPSA) is 3.88 Å². The molecular formula is C47H25BF25NS. The number of hydrogen-bond donors (Lipinski definition) is 0. The molecule has 0 bridgehead atoms. The lowest BCUT2D eigenvalue weighted by Crippen LogP contribution is -2.75. The average Bonchev–Trinajstić information content (AvgIpc) is 3.70. The number of para-hydroxylation sites is 1. The van der Waals surface area contributed by atoms with Crippen molar-refractivity contribution in [1.82, 2.24) is 0 Å². The Hall–Kier alpha value is -6.48. The Kier molecular flexibility index (Phi) is 15.3. The molecule has 402 valence electrons. The monoisotopic (exact) mass is 1120 g/mol. The van der Waals surface area contributed by atoms with Crippen LogP contribution in [0.15, 0.2) is 127 Å². The summed E-state index contributed by atoms with van der Waals surface area (Å²) in [7, 11) is 0. The van der Waals surface area contributed by atoms with Crippen molar-refractivity contribution in [2.24, 2.45) is 0 Å². The minimum Gasteiger partial charge on any atom is -0.246 e. The summed E-state index contributed by atoms with van der Waals surface area (Å²) in [6.45, 7) is 0.376. The fourth-order valence-corrected chi connectivity index (χ4v) is 9.17. The molecule has 0 spiro atoms. The van der Waals surface area contributed by atoms with Crippen LogP contribution >= 0.6 is 11.3 Å². The van der Waals surface area contributed by atoms with E-state index in [2.05, 4.69) is 22.2 Å². The Morgan fingerprint density at radius 3 is 0.880 bits per heavy atom. The zero-order chi connectivity index (χ0) is 56.3. The van der Waals surface area contributed by atoms with E-state index in [1.807, 2.05) is 36.4 Å². The summed E-state index contributed by atoms with van der Waals surface area (Å²) in [6.07, 6.45) is -54.8. The maximum absolute atomic E-state index is 14.2. The molecule has 0 aliphatic heterocycles. The van der Waals surface area contributed by atoms with Crippen molar-refractivity contribution in [2.45, 2.75) is 62.6 Å². The molecule has 0 saturated heterocycles. The van der Waals surface area contributed by atoms with E-state index in [0.29, 0.717) is 0 Å². The quantitative estimate of drug-likeness (QED) is 0.0851. The lowest BCUT2D eigenvalue weighted by molar-refractivity contribution is -0.658. The smallest absolute Gasteiger partial charge is 0.246 e. The molecule has 0 radical (unpaired) electrons. The van der Waals surface area contributed by atoms with E-state index in [0.717, 1.165) is 22.3 Å². The first-order valence-electron chi connectivity index (χ1n) is 20.5. The van der Waals surface area contributed by atoms with Gasteiger partial charge in [0.1, 0.15) is 17.5 Å². The van der Waals surface area contributed by atoms with Gasteiger partial charge in [-0.2, -0.15) is 132 Å². The summed E-state index contributed by atoms with van der Waals surface area (Å²) >= 11 is 1.66. The SMILES string of the molecule is FC(F)(F)c1cc([B-](c2cc(C(F)(F)F)cc(C(F)(F)F)c2)(c2cc(C(F)(F)F)cc(C(F)(F)F)c2)c2cc(C(F)(F)F)cc(C(F)(F)F)c2)cc(C(F)(F)F)c1.FCc1cccc2sc[n+](Cc3ccccc3)c12. The van der Waals surface area contributed by atoms with Gasteiger partial charge in [0, 0.05) is 5.56 Å². The van der Waals surface area contributed by atoms with E-state index in [9.17, 15) is 110 Å². The molecule has 1 heterocycles. The normalized spacial score (nSPS) is 13.5. The molecule has 0 aliphatic rings. The lowest BCUT2D eigenvalue weighted by atomic mass is 9.12.